The molecule has 0 aromatic carbocycles. The molecule has 0 saturated carbocycles. The molecule has 2 unspecified atom stereocenters. The molecule has 10 heteroatoms. The van der Waals surface area contributed by atoms with Crippen LogP contribution in [0.4, 0.5) is 14.7 Å². The van der Waals surface area contributed by atoms with Crippen LogP contribution in [0.1, 0.15) is 76.1 Å². The Bertz CT molecular complexity index is 1210. The van der Waals surface area contributed by atoms with Crippen molar-refractivity contribution < 1.29 is 8.78 Å². The van der Waals surface area contributed by atoms with Crippen LogP contribution in [-0.4, -0.2) is 68.8 Å². The summed E-state index contributed by atoms with van der Waals surface area (Å²) in [6.07, 6.45) is 7.35. The average Bonchev–Trinajstić information content (AvgIpc) is 3.34. The van der Waals surface area contributed by atoms with E-state index in [2.05, 4.69) is 62.3 Å². The Labute approximate surface area is 230 Å². The first-order valence-electron chi connectivity index (χ1n) is 14.0. The van der Waals surface area contributed by atoms with Crippen molar-refractivity contribution in [3.63, 3.8) is 0 Å². The summed E-state index contributed by atoms with van der Waals surface area (Å²) in [7, 11) is 1.83. The molecule has 0 bridgehead atoms. The molecule has 2 aromatic rings. The van der Waals surface area contributed by atoms with Crippen LogP contribution in [0.25, 0.3) is 5.57 Å². The lowest BCUT2D eigenvalue weighted by molar-refractivity contribution is 0.144. The third kappa shape index (κ3) is 7.30. The highest BCUT2D eigenvalue weighted by Crippen LogP contribution is 2.32. The predicted octanol–water partition coefficient (Wildman–Crippen LogP) is 5.13. The summed E-state index contributed by atoms with van der Waals surface area (Å²) < 4.78 is 32.0. The van der Waals surface area contributed by atoms with E-state index >= 15 is 4.39 Å². The van der Waals surface area contributed by atoms with Crippen molar-refractivity contribution in [1.82, 2.24) is 34.9 Å². The maximum Gasteiger partial charge on any atom is 0.229 e. The van der Waals surface area contributed by atoms with Crippen LogP contribution in [0.15, 0.2) is 42.0 Å². The SMILES string of the molecule is C/C=C(\CC(F)c1cc(C(C)CC)n(C)n1)c1nc(NC2=CCC=C(CN3CCN(CC)CC3)N2)ncc1F. The quantitative estimate of drug-likeness (QED) is 0.409. The first-order valence-corrected chi connectivity index (χ1v) is 14.0. The second kappa shape index (κ2) is 13.3. The fourth-order valence-electron chi connectivity index (χ4n) is 5.04. The second-order valence-corrected chi connectivity index (χ2v) is 10.3. The van der Waals surface area contributed by atoms with Gasteiger partial charge in [-0.3, -0.25) is 9.58 Å². The van der Waals surface area contributed by atoms with Gasteiger partial charge in [-0.1, -0.05) is 32.9 Å². The summed E-state index contributed by atoms with van der Waals surface area (Å²) in [5.74, 6) is 0.713. The summed E-state index contributed by atoms with van der Waals surface area (Å²) in [6.45, 7) is 14.4. The van der Waals surface area contributed by atoms with E-state index in [9.17, 15) is 4.39 Å². The largest absolute Gasteiger partial charge is 0.345 e. The summed E-state index contributed by atoms with van der Waals surface area (Å²) >= 11 is 0. The summed E-state index contributed by atoms with van der Waals surface area (Å²) in [5, 5.41) is 11.0. The van der Waals surface area contributed by atoms with Crippen LogP contribution in [0.3, 0.4) is 0 Å². The van der Waals surface area contributed by atoms with E-state index in [1.807, 2.05) is 19.2 Å². The average molecular weight is 541 g/mol. The summed E-state index contributed by atoms with van der Waals surface area (Å²) in [6, 6.07) is 1.81. The number of allylic oxidation sites excluding steroid dienone is 4. The topological polar surface area (TPSA) is 74.1 Å². The number of nitrogens with zero attached hydrogens (tertiary/aromatic N) is 6. The summed E-state index contributed by atoms with van der Waals surface area (Å²) in [5.41, 5.74) is 3.03. The zero-order valence-electron chi connectivity index (χ0n) is 23.8. The zero-order chi connectivity index (χ0) is 27.9. The third-order valence-electron chi connectivity index (χ3n) is 7.70. The van der Waals surface area contributed by atoms with Crippen molar-refractivity contribution in [2.24, 2.45) is 7.05 Å². The Hall–Kier alpha value is -3.11. The van der Waals surface area contributed by atoms with E-state index in [4.69, 9.17) is 0 Å². The maximum atomic E-state index is 15.4. The first kappa shape index (κ1) is 28.9. The number of aryl methyl sites for hydroxylation is 1. The molecule has 2 aliphatic heterocycles. The lowest BCUT2D eigenvalue weighted by Crippen LogP contribution is -2.47. The predicted molar refractivity (Wildman–Crippen MR) is 152 cm³/mol. The third-order valence-corrected chi connectivity index (χ3v) is 7.70. The molecule has 212 valence electrons. The number of dihydropyridines is 1. The van der Waals surface area contributed by atoms with Crippen LogP contribution >= 0.6 is 0 Å². The molecule has 0 radical (unpaired) electrons. The molecule has 0 amide bonds. The molecular formula is C29H42F2N8. The van der Waals surface area contributed by atoms with E-state index in [0.717, 1.165) is 75.5 Å². The van der Waals surface area contributed by atoms with Crippen molar-refractivity contribution >= 4 is 11.5 Å². The molecule has 2 aromatic heterocycles. The first-order chi connectivity index (χ1) is 18.8. The van der Waals surface area contributed by atoms with Crippen LogP contribution in [0, 0.1) is 5.82 Å². The normalized spacial score (nSPS) is 18.8. The monoisotopic (exact) mass is 540 g/mol. The number of piperazine rings is 1. The van der Waals surface area contributed by atoms with Crippen LogP contribution in [0.5, 0.6) is 0 Å². The highest BCUT2D eigenvalue weighted by atomic mass is 19.1. The lowest BCUT2D eigenvalue weighted by Gasteiger charge is -2.35. The van der Waals surface area contributed by atoms with Gasteiger partial charge in [0.05, 0.1) is 11.9 Å². The Kier molecular flexibility index (Phi) is 9.85. The fraction of sp³-hybridized carbons (Fsp3) is 0.552. The lowest BCUT2D eigenvalue weighted by atomic mass is 10.0. The molecule has 4 rings (SSSR count). The highest BCUT2D eigenvalue weighted by Gasteiger charge is 2.23. The van der Waals surface area contributed by atoms with Gasteiger partial charge >= 0.3 is 0 Å². The minimum absolute atomic E-state index is 0.0278. The minimum Gasteiger partial charge on any atom is -0.345 e. The van der Waals surface area contributed by atoms with Crippen molar-refractivity contribution in [3.8, 4) is 0 Å². The van der Waals surface area contributed by atoms with Gasteiger partial charge in [-0.25, -0.2) is 18.7 Å². The molecule has 1 fully saturated rings. The summed E-state index contributed by atoms with van der Waals surface area (Å²) in [4.78, 5) is 13.5. The number of likely N-dealkylation sites (N-methyl/N-ethyl adjacent to an activating group) is 1. The molecular weight excluding hydrogens is 498 g/mol. The van der Waals surface area contributed by atoms with Crippen molar-refractivity contribution in [3.05, 3.63) is 64.9 Å². The zero-order valence-corrected chi connectivity index (χ0v) is 23.8. The molecule has 2 atom stereocenters. The van der Waals surface area contributed by atoms with Crippen molar-refractivity contribution in [2.75, 3.05) is 44.6 Å². The molecule has 0 aliphatic carbocycles. The smallest absolute Gasteiger partial charge is 0.229 e. The number of aromatic nitrogens is 4. The Morgan fingerprint density at radius 2 is 1.92 bits per heavy atom. The number of halogens is 2. The van der Waals surface area contributed by atoms with Crippen LogP contribution < -0.4 is 10.6 Å². The fourth-order valence-corrected chi connectivity index (χ4v) is 5.04. The van der Waals surface area contributed by atoms with Gasteiger partial charge in [-0.15, -0.1) is 0 Å². The van der Waals surface area contributed by atoms with Gasteiger partial charge in [-0.05, 0) is 49.9 Å². The van der Waals surface area contributed by atoms with Crippen molar-refractivity contribution in [2.45, 2.75) is 59.0 Å². The number of alkyl halides is 1. The van der Waals surface area contributed by atoms with Gasteiger partial charge < -0.3 is 15.5 Å². The van der Waals surface area contributed by atoms with Gasteiger partial charge in [0.25, 0.3) is 0 Å². The van der Waals surface area contributed by atoms with Crippen LogP contribution in [0.2, 0.25) is 0 Å². The molecule has 1 saturated heterocycles. The van der Waals surface area contributed by atoms with Gasteiger partial charge in [-0.2, -0.15) is 5.10 Å². The molecule has 4 heterocycles. The molecule has 2 N–H and O–H groups in total. The highest BCUT2D eigenvalue weighted by molar-refractivity contribution is 5.64. The molecule has 0 spiro atoms. The standard InChI is InChI=1S/C29H42F2N8/c1-6-20(4)26-17-25(36-37(26)5)23(30)16-21(7-2)28-24(31)18-32-29(35-28)34-27-11-9-10-22(33-27)19-39-14-12-38(8-3)13-15-39/h7,10-11,17-18,20,23,33H,6,8-9,12-16,19H2,1-5H3,(H,32,34,35)/b21-7+. The Morgan fingerprint density at radius 1 is 1.18 bits per heavy atom. The minimum atomic E-state index is -1.37. The van der Waals surface area contributed by atoms with Gasteiger partial charge in [0, 0.05) is 57.6 Å². The van der Waals surface area contributed by atoms with Gasteiger partial charge in [0.1, 0.15) is 17.7 Å². The number of anilines is 1. The van der Waals surface area contributed by atoms with E-state index in [1.165, 1.54) is 0 Å². The number of rotatable bonds is 11. The van der Waals surface area contributed by atoms with Gasteiger partial charge in [0.2, 0.25) is 5.95 Å². The second-order valence-electron chi connectivity index (χ2n) is 10.3. The van der Waals surface area contributed by atoms with E-state index in [0.29, 0.717) is 11.3 Å². The van der Waals surface area contributed by atoms with E-state index in [-0.39, 0.29) is 24.0 Å². The van der Waals surface area contributed by atoms with Crippen molar-refractivity contribution in [1.29, 1.82) is 0 Å². The number of hydrogen-bond donors (Lipinski definition) is 2. The molecule has 8 nitrogen and oxygen atoms in total. The Morgan fingerprint density at radius 3 is 2.62 bits per heavy atom. The van der Waals surface area contributed by atoms with Gasteiger partial charge in [0.15, 0.2) is 5.82 Å². The maximum absolute atomic E-state index is 15.4. The number of hydrogen-bond acceptors (Lipinski definition) is 7. The number of nitrogens with one attached hydrogen (secondary N) is 2. The molecule has 2 aliphatic rings. The van der Waals surface area contributed by atoms with E-state index < -0.39 is 12.0 Å². The van der Waals surface area contributed by atoms with Crippen LogP contribution in [-0.2, 0) is 7.05 Å². The van der Waals surface area contributed by atoms with E-state index in [1.54, 1.807) is 17.7 Å². The Balaban J connectivity index is 1.39. The molecule has 39 heavy (non-hydrogen) atoms.